The summed E-state index contributed by atoms with van der Waals surface area (Å²) in [6.45, 7) is 1.58. The molecule has 0 radical (unpaired) electrons. The molecule has 1 unspecified atom stereocenters. The molecule has 0 aromatic heterocycles. The number of nitrogens with zero attached hydrogens (tertiary/aromatic N) is 1. The topological polar surface area (TPSA) is 67.9 Å². The second-order valence-electron chi connectivity index (χ2n) is 7.85. The van der Waals surface area contributed by atoms with Crippen molar-refractivity contribution in [2.45, 2.75) is 51.2 Å². The predicted octanol–water partition coefficient (Wildman–Crippen LogP) is 4.86. The van der Waals surface area contributed by atoms with Crippen molar-refractivity contribution in [2.75, 3.05) is 13.7 Å². The van der Waals surface area contributed by atoms with Crippen molar-refractivity contribution in [2.24, 2.45) is 0 Å². The van der Waals surface area contributed by atoms with Crippen molar-refractivity contribution >= 4 is 35.0 Å². The monoisotopic (exact) mass is 478 g/mol. The fourth-order valence-corrected chi connectivity index (χ4v) is 4.25. The summed E-state index contributed by atoms with van der Waals surface area (Å²) in [5.41, 5.74) is 0.592. The molecular weight excluding hydrogens is 451 g/mol. The molecule has 0 bridgehead atoms. The van der Waals surface area contributed by atoms with Gasteiger partial charge in [-0.25, -0.2) is 0 Å². The molecule has 0 spiro atoms. The van der Waals surface area contributed by atoms with E-state index in [1.54, 1.807) is 56.5 Å². The lowest BCUT2D eigenvalue weighted by molar-refractivity contribution is -0.142. The lowest BCUT2D eigenvalue weighted by Crippen LogP contribution is -2.50. The van der Waals surface area contributed by atoms with E-state index in [0.29, 0.717) is 27.1 Å². The Morgan fingerprint density at radius 2 is 1.66 bits per heavy atom. The van der Waals surface area contributed by atoms with Crippen LogP contribution in [0.4, 0.5) is 0 Å². The lowest BCUT2D eigenvalue weighted by atomic mass is 10.1. The molecule has 2 aromatic carbocycles. The predicted molar refractivity (Wildman–Crippen MR) is 125 cm³/mol. The molecule has 0 saturated heterocycles. The molecule has 1 aliphatic rings. The third-order valence-electron chi connectivity index (χ3n) is 5.68. The highest BCUT2D eigenvalue weighted by Crippen LogP contribution is 2.27. The van der Waals surface area contributed by atoms with Crippen LogP contribution in [0.1, 0.15) is 38.2 Å². The fourth-order valence-electron chi connectivity index (χ4n) is 3.73. The normalized spacial score (nSPS) is 14.6. The zero-order valence-corrected chi connectivity index (χ0v) is 19.8. The van der Waals surface area contributed by atoms with Gasteiger partial charge >= 0.3 is 0 Å². The second-order valence-corrected chi connectivity index (χ2v) is 8.67. The summed E-state index contributed by atoms with van der Waals surface area (Å²) in [4.78, 5) is 27.5. The van der Waals surface area contributed by atoms with Crippen molar-refractivity contribution in [1.82, 2.24) is 10.2 Å². The van der Waals surface area contributed by atoms with E-state index in [2.05, 4.69) is 5.32 Å². The van der Waals surface area contributed by atoms with Crippen LogP contribution in [-0.4, -0.2) is 42.5 Å². The molecule has 1 N–H and O–H groups in total. The maximum absolute atomic E-state index is 13.2. The van der Waals surface area contributed by atoms with Gasteiger partial charge in [0, 0.05) is 28.2 Å². The van der Waals surface area contributed by atoms with E-state index in [1.165, 1.54) is 4.90 Å². The summed E-state index contributed by atoms with van der Waals surface area (Å²) < 4.78 is 10.8. The Morgan fingerprint density at radius 1 is 1.06 bits per heavy atom. The highest BCUT2D eigenvalue weighted by atomic mass is 35.5. The summed E-state index contributed by atoms with van der Waals surface area (Å²) in [5.74, 6) is 0.678. The Bertz CT molecular complexity index is 910. The zero-order chi connectivity index (χ0) is 23.1. The average Bonchev–Trinajstić information content (AvgIpc) is 3.30. The highest BCUT2D eigenvalue weighted by Gasteiger charge is 2.29. The average molecular weight is 479 g/mol. The van der Waals surface area contributed by atoms with Gasteiger partial charge < -0.3 is 19.7 Å². The Balaban J connectivity index is 1.74. The summed E-state index contributed by atoms with van der Waals surface area (Å²) in [6, 6.07) is 11.5. The number of hydrogen-bond donors (Lipinski definition) is 1. The summed E-state index contributed by atoms with van der Waals surface area (Å²) in [6.07, 6.45) is 4.13. The maximum Gasteiger partial charge on any atom is 0.261 e. The van der Waals surface area contributed by atoms with Gasteiger partial charge in [-0.2, -0.15) is 0 Å². The van der Waals surface area contributed by atoms with Gasteiger partial charge in [0.1, 0.15) is 17.5 Å². The minimum absolute atomic E-state index is 0.0998. The van der Waals surface area contributed by atoms with Gasteiger partial charge in [-0.1, -0.05) is 42.1 Å². The largest absolute Gasteiger partial charge is 0.497 e. The van der Waals surface area contributed by atoms with Crippen molar-refractivity contribution in [3.05, 3.63) is 58.1 Å². The molecule has 1 aliphatic carbocycles. The standard InChI is InChI=1S/C24H28Cl2N2O4/c1-16(24(30)27-17-6-3-4-7-17)28(14-20-21(25)8-5-9-22(20)26)23(29)15-32-19-12-10-18(31-2)11-13-19/h5,8-13,16-17H,3-4,6-7,14-15H2,1-2H3,(H,27,30). The number of ether oxygens (including phenoxy) is 2. The van der Waals surface area contributed by atoms with Crippen molar-refractivity contribution in [3.8, 4) is 11.5 Å². The van der Waals surface area contributed by atoms with Crippen LogP contribution < -0.4 is 14.8 Å². The van der Waals surface area contributed by atoms with Crippen molar-refractivity contribution < 1.29 is 19.1 Å². The fraction of sp³-hybridized carbons (Fsp3) is 0.417. The van der Waals surface area contributed by atoms with Gasteiger partial charge in [0.25, 0.3) is 5.91 Å². The van der Waals surface area contributed by atoms with E-state index in [0.717, 1.165) is 25.7 Å². The highest BCUT2D eigenvalue weighted by molar-refractivity contribution is 6.36. The van der Waals surface area contributed by atoms with Crippen LogP contribution in [0, 0.1) is 0 Å². The molecule has 1 saturated carbocycles. The van der Waals surface area contributed by atoms with Crippen LogP contribution >= 0.6 is 23.2 Å². The molecule has 172 valence electrons. The number of benzene rings is 2. The Morgan fingerprint density at radius 3 is 2.25 bits per heavy atom. The van der Waals surface area contributed by atoms with Crippen LogP contribution in [0.2, 0.25) is 10.0 Å². The smallest absolute Gasteiger partial charge is 0.261 e. The molecule has 0 aliphatic heterocycles. The minimum atomic E-state index is -0.713. The van der Waals surface area contributed by atoms with Gasteiger partial charge in [0.05, 0.1) is 7.11 Å². The van der Waals surface area contributed by atoms with Gasteiger partial charge in [-0.15, -0.1) is 0 Å². The molecule has 3 rings (SSSR count). The van der Waals surface area contributed by atoms with Gasteiger partial charge in [-0.05, 0) is 56.2 Å². The van der Waals surface area contributed by atoms with Crippen LogP contribution in [0.5, 0.6) is 11.5 Å². The number of nitrogens with one attached hydrogen (secondary N) is 1. The van der Waals surface area contributed by atoms with Crippen LogP contribution in [-0.2, 0) is 16.1 Å². The van der Waals surface area contributed by atoms with Crippen molar-refractivity contribution in [1.29, 1.82) is 0 Å². The quantitative estimate of drug-likeness (QED) is 0.558. The number of amides is 2. The first-order valence-electron chi connectivity index (χ1n) is 10.7. The van der Waals surface area contributed by atoms with Crippen LogP contribution in [0.25, 0.3) is 0 Å². The summed E-state index contributed by atoms with van der Waals surface area (Å²) >= 11 is 12.7. The molecule has 6 nitrogen and oxygen atoms in total. The first-order valence-corrected chi connectivity index (χ1v) is 11.4. The molecule has 1 fully saturated rings. The Kier molecular flexibility index (Phi) is 8.65. The Hall–Kier alpha value is -2.44. The molecule has 0 heterocycles. The second kappa shape index (κ2) is 11.4. The minimum Gasteiger partial charge on any atom is -0.497 e. The molecule has 2 amide bonds. The Labute approximate surface area is 198 Å². The third kappa shape index (κ3) is 6.30. The molecular formula is C24H28Cl2N2O4. The van der Waals surface area contributed by atoms with Gasteiger partial charge in [0.2, 0.25) is 5.91 Å². The summed E-state index contributed by atoms with van der Waals surface area (Å²) in [7, 11) is 1.58. The maximum atomic E-state index is 13.2. The third-order valence-corrected chi connectivity index (χ3v) is 6.39. The lowest BCUT2D eigenvalue weighted by Gasteiger charge is -2.30. The number of methoxy groups -OCH3 is 1. The van der Waals surface area contributed by atoms with Crippen LogP contribution in [0.3, 0.4) is 0 Å². The summed E-state index contributed by atoms with van der Waals surface area (Å²) in [5, 5.41) is 3.94. The van der Waals surface area contributed by atoms with E-state index in [-0.39, 0.29) is 31.0 Å². The van der Waals surface area contributed by atoms with E-state index in [4.69, 9.17) is 32.7 Å². The van der Waals surface area contributed by atoms with Gasteiger partial charge in [-0.3, -0.25) is 9.59 Å². The van der Waals surface area contributed by atoms with Gasteiger partial charge in [0.15, 0.2) is 6.61 Å². The number of hydrogen-bond acceptors (Lipinski definition) is 4. The first kappa shape index (κ1) is 24.2. The van der Waals surface area contributed by atoms with Crippen LogP contribution in [0.15, 0.2) is 42.5 Å². The number of halogens is 2. The molecule has 32 heavy (non-hydrogen) atoms. The number of carbonyl (C=O) groups is 2. The van der Waals surface area contributed by atoms with E-state index < -0.39 is 6.04 Å². The molecule has 2 aromatic rings. The van der Waals surface area contributed by atoms with E-state index in [9.17, 15) is 9.59 Å². The van der Waals surface area contributed by atoms with E-state index >= 15 is 0 Å². The first-order chi connectivity index (χ1) is 15.4. The molecule has 1 atom stereocenters. The zero-order valence-electron chi connectivity index (χ0n) is 18.3. The van der Waals surface area contributed by atoms with E-state index in [1.807, 2.05) is 0 Å². The number of carbonyl (C=O) groups excluding carboxylic acids is 2. The SMILES string of the molecule is COc1ccc(OCC(=O)N(Cc2c(Cl)cccc2Cl)C(C)C(=O)NC2CCCC2)cc1. The number of rotatable bonds is 9. The van der Waals surface area contributed by atoms with Crippen molar-refractivity contribution in [3.63, 3.8) is 0 Å². The molecule has 8 heteroatoms.